The average molecular weight is 691 g/mol. The van der Waals surface area contributed by atoms with Gasteiger partial charge in [0, 0.05) is 22.1 Å². The second-order valence-electron chi connectivity index (χ2n) is 14.7. The van der Waals surface area contributed by atoms with Crippen LogP contribution in [0.2, 0.25) is 0 Å². The van der Waals surface area contributed by atoms with Crippen LogP contribution in [0.3, 0.4) is 0 Å². The molecule has 1 heterocycles. The maximum atomic E-state index is 9.25. The molecule has 4 heteroatoms. The minimum Gasteiger partial charge on any atom is -0.208 e. The van der Waals surface area contributed by atoms with Gasteiger partial charge in [-0.2, -0.15) is 5.26 Å². The molecule has 2 aliphatic rings. The Labute approximate surface area is 315 Å². The van der Waals surface area contributed by atoms with Crippen molar-refractivity contribution in [3.05, 3.63) is 209 Å². The van der Waals surface area contributed by atoms with E-state index in [4.69, 9.17) is 15.0 Å². The van der Waals surface area contributed by atoms with Crippen LogP contribution in [0.1, 0.15) is 52.8 Å². The number of hydrogen-bond acceptors (Lipinski definition) is 4. The zero-order valence-electron chi connectivity index (χ0n) is 30.0. The second-order valence-corrected chi connectivity index (χ2v) is 14.7. The molecule has 0 N–H and O–H groups in total. The molecule has 0 fully saturated rings. The summed E-state index contributed by atoms with van der Waals surface area (Å²) in [5, 5.41) is 9.25. The molecule has 254 valence electrons. The maximum absolute atomic E-state index is 9.25. The van der Waals surface area contributed by atoms with Crippen molar-refractivity contribution in [1.82, 2.24) is 15.0 Å². The van der Waals surface area contributed by atoms with Gasteiger partial charge in [-0.15, -0.1) is 0 Å². The van der Waals surface area contributed by atoms with Gasteiger partial charge in [0.15, 0.2) is 17.5 Å². The number of fused-ring (bicyclic) bond motifs is 9. The molecule has 0 atom stereocenters. The number of nitriles is 1. The molecule has 0 saturated carbocycles. The molecule has 4 nitrogen and oxygen atoms in total. The third-order valence-electron chi connectivity index (χ3n) is 11.5. The molecule has 2 aliphatic carbocycles. The lowest BCUT2D eigenvalue weighted by molar-refractivity contribution is 0.563. The zero-order chi connectivity index (χ0) is 36.4. The van der Waals surface area contributed by atoms with E-state index in [2.05, 4.69) is 135 Å². The molecule has 0 bridgehead atoms. The Morgan fingerprint density at radius 3 is 1.41 bits per heavy atom. The van der Waals surface area contributed by atoms with Crippen LogP contribution < -0.4 is 0 Å². The first kappa shape index (κ1) is 31.7. The number of benzene rings is 7. The van der Waals surface area contributed by atoms with Crippen LogP contribution in [-0.4, -0.2) is 15.0 Å². The summed E-state index contributed by atoms with van der Waals surface area (Å²) in [5.41, 5.74) is 15.1. The number of hydrogen-bond donors (Lipinski definition) is 0. The quantitative estimate of drug-likeness (QED) is 0.184. The SMILES string of the molecule is CC1(C)c2ccccc2C2(c3ccccc3-c3ccccc32)c2cc(-c3nc(-c4ccccc4)nc(-c4ccc(-c5ccc(C#N)cc5)cc4)n3)ccc21. The largest absolute Gasteiger partial charge is 0.208 e. The van der Waals surface area contributed by atoms with E-state index in [1.54, 1.807) is 0 Å². The van der Waals surface area contributed by atoms with Crippen LogP contribution >= 0.6 is 0 Å². The second kappa shape index (κ2) is 12.0. The molecule has 0 amide bonds. The number of rotatable bonds is 4. The number of nitrogens with zero attached hydrogens (tertiary/aromatic N) is 4. The van der Waals surface area contributed by atoms with Gasteiger partial charge in [-0.1, -0.05) is 166 Å². The van der Waals surface area contributed by atoms with Crippen LogP contribution in [0.25, 0.3) is 56.4 Å². The van der Waals surface area contributed by atoms with Gasteiger partial charge in [0.05, 0.1) is 17.0 Å². The first-order valence-corrected chi connectivity index (χ1v) is 18.3. The molecule has 10 rings (SSSR count). The Balaban J connectivity index is 1.19. The zero-order valence-corrected chi connectivity index (χ0v) is 30.0. The summed E-state index contributed by atoms with van der Waals surface area (Å²) < 4.78 is 0. The van der Waals surface area contributed by atoms with Crippen LogP contribution in [0.15, 0.2) is 170 Å². The van der Waals surface area contributed by atoms with E-state index in [1.165, 1.54) is 44.5 Å². The van der Waals surface area contributed by atoms with Crippen molar-refractivity contribution < 1.29 is 0 Å². The van der Waals surface area contributed by atoms with E-state index in [0.717, 1.165) is 27.8 Å². The molecule has 8 aromatic rings. The third-order valence-corrected chi connectivity index (χ3v) is 11.5. The molecule has 54 heavy (non-hydrogen) atoms. The lowest BCUT2D eigenvalue weighted by atomic mass is 9.55. The average Bonchev–Trinajstić information content (AvgIpc) is 3.54. The summed E-state index contributed by atoms with van der Waals surface area (Å²) in [5.74, 6) is 1.87. The molecule has 1 aromatic heterocycles. The molecule has 0 unspecified atom stereocenters. The van der Waals surface area contributed by atoms with E-state index >= 15 is 0 Å². The Morgan fingerprint density at radius 2 is 0.815 bits per heavy atom. The van der Waals surface area contributed by atoms with Crippen LogP contribution in [-0.2, 0) is 10.8 Å². The Morgan fingerprint density at radius 1 is 0.389 bits per heavy atom. The highest BCUT2D eigenvalue weighted by Gasteiger charge is 2.53. The summed E-state index contributed by atoms with van der Waals surface area (Å²) in [6, 6.07) is 62.0. The molecule has 7 aromatic carbocycles. The van der Waals surface area contributed by atoms with Crippen molar-refractivity contribution in [2.75, 3.05) is 0 Å². The fraction of sp³-hybridized carbons (Fsp3) is 0.0800. The van der Waals surface area contributed by atoms with Crippen LogP contribution in [0.4, 0.5) is 0 Å². The summed E-state index contributed by atoms with van der Waals surface area (Å²) in [7, 11) is 0. The van der Waals surface area contributed by atoms with Crippen molar-refractivity contribution >= 4 is 0 Å². The van der Waals surface area contributed by atoms with Gasteiger partial charge in [0.2, 0.25) is 0 Å². The van der Waals surface area contributed by atoms with Gasteiger partial charge in [-0.25, -0.2) is 15.0 Å². The first-order valence-electron chi connectivity index (χ1n) is 18.3. The smallest absolute Gasteiger partial charge is 0.164 e. The Kier molecular flexibility index (Phi) is 7.08. The van der Waals surface area contributed by atoms with Crippen molar-refractivity contribution in [1.29, 1.82) is 5.26 Å². The van der Waals surface area contributed by atoms with Crippen molar-refractivity contribution in [2.24, 2.45) is 0 Å². The Hall–Kier alpha value is -6.96. The van der Waals surface area contributed by atoms with Crippen molar-refractivity contribution in [3.8, 4) is 62.5 Å². The summed E-state index contributed by atoms with van der Waals surface area (Å²) in [4.78, 5) is 15.4. The normalized spacial score (nSPS) is 14.0. The molecular formula is C50H34N4. The van der Waals surface area contributed by atoms with E-state index in [9.17, 15) is 5.26 Å². The fourth-order valence-electron chi connectivity index (χ4n) is 8.90. The lowest BCUT2D eigenvalue weighted by Crippen LogP contribution is -2.40. The fourth-order valence-corrected chi connectivity index (χ4v) is 8.90. The van der Waals surface area contributed by atoms with Gasteiger partial charge >= 0.3 is 0 Å². The standard InChI is InChI=1S/C50H34N4/c1-49(2)42-18-10-11-19-44(42)50(40-16-8-6-14-38(40)39-15-7-9-17-41(39)50)45-30-37(28-29-43(45)49)48-53-46(35-12-4-3-5-13-35)52-47(54-48)36-26-24-34(25-27-36)33-22-20-32(31-51)21-23-33/h3-30H,1-2H3. The van der Waals surface area contributed by atoms with E-state index in [1.807, 2.05) is 54.6 Å². The van der Waals surface area contributed by atoms with E-state index < -0.39 is 5.41 Å². The molecule has 0 saturated heterocycles. The highest BCUT2D eigenvalue weighted by atomic mass is 15.0. The van der Waals surface area contributed by atoms with Gasteiger partial charge in [-0.3, -0.25) is 0 Å². The summed E-state index contributed by atoms with van der Waals surface area (Å²) >= 11 is 0. The topological polar surface area (TPSA) is 62.5 Å². The predicted molar refractivity (Wildman–Crippen MR) is 216 cm³/mol. The van der Waals surface area contributed by atoms with E-state index in [-0.39, 0.29) is 5.41 Å². The maximum Gasteiger partial charge on any atom is 0.164 e. The van der Waals surface area contributed by atoms with Crippen LogP contribution in [0, 0.1) is 11.3 Å². The predicted octanol–water partition coefficient (Wildman–Crippen LogP) is 11.4. The molecule has 0 aliphatic heterocycles. The molecule has 1 spiro atoms. The monoisotopic (exact) mass is 690 g/mol. The van der Waals surface area contributed by atoms with E-state index in [0.29, 0.717) is 23.0 Å². The minimum absolute atomic E-state index is 0.238. The van der Waals surface area contributed by atoms with Crippen LogP contribution in [0.5, 0.6) is 0 Å². The number of aromatic nitrogens is 3. The van der Waals surface area contributed by atoms with Crippen molar-refractivity contribution in [3.63, 3.8) is 0 Å². The van der Waals surface area contributed by atoms with Gasteiger partial charge < -0.3 is 0 Å². The molecular weight excluding hydrogens is 657 g/mol. The van der Waals surface area contributed by atoms with Gasteiger partial charge in [0.1, 0.15) is 0 Å². The summed E-state index contributed by atoms with van der Waals surface area (Å²) in [6.45, 7) is 4.69. The highest BCUT2D eigenvalue weighted by Crippen LogP contribution is 2.62. The molecule has 0 radical (unpaired) electrons. The van der Waals surface area contributed by atoms with Gasteiger partial charge in [0.25, 0.3) is 0 Å². The first-order chi connectivity index (χ1) is 26.5. The highest BCUT2D eigenvalue weighted by molar-refractivity contribution is 5.89. The lowest BCUT2D eigenvalue weighted by Gasteiger charge is -2.46. The Bertz CT molecular complexity index is 2750. The van der Waals surface area contributed by atoms with Gasteiger partial charge in [-0.05, 0) is 73.8 Å². The minimum atomic E-state index is -0.510. The van der Waals surface area contributed by atoms with Crippen molar-refractivity contribution in [2.45, 2.75) is 24.7 Å². The third kappa shape index (κ3) is 4.65. The summed E-state index contributed by atoms with van der Waals surface area (Å²) in [6.07, 6.45) is 0.